The molecule has 0 aromatic carbocycles. The number of nitrogens with zero attached hydrogens (tertiary/aromatic N) is 3. The van der Waals surface area contributed by atoms with Gasteiger partial charge in [-0.2, -0.15) is 0 Å². The Balaban J connectivity index is 2.10. The Labute approximate surface area is 99.2 Å². The van der Waals surface area contributed by atoms with Crippen molar-refractivity contribution in [3.05, 3.63) is 48.2 Å². The van der Waals surface area contributed by atoms with Crippen LogP contribution in [-0.2, 0) is 6.42 Å². The van der Waals surface area contributed by atoms with Gasteiger partial charge in [0.25, 0.3) is 0 Å². The van der Waals surface area contributed by atoms with E-state index in [0.717, 1.165) is 11.3 Å². The van der Waals surface area contributed by atoms with Gasteiger partial charge in [-0.25, -0.2) is 9.97 Å². The summed E-state index contributed by atoms with van der Waals surface area (Å²) in [6.07, 6.45) is 4.52. The van der Waals surface area contributed by atoms with Crippen LogP contribution in [0.25, 0.3) is 0 Å². The summed E-state index contributed by atoms with van der Waals surface area (Å²) in [6.45, 7) is 0. The molecule has 2 rings (SSSR count). The maximum absolute atomic E-state index is 10.00. The Morgan fingerprint density at radius 2 is 2.29 bits per heavy atom. The molecule has 17 heavy (non-hydrogen) atoms. The van der Waals surface area contributed by atoms with Crippen LogP contribution in [0.15, 0.2) is 36.9 Å². The number of aromatic nitrogens is 3. The van der Waals surface area contributed by atoms with E-state index < -0.39 is 6.10 Å². The molecule has 1 N–H and O–H groups in total. The van der Waals surface area contributed by atoms with E-state index in [1.54, 1.807) is 31.6 Å². The first-order chi connectivity index (χ1) is 8.29. The Morgan fingerprint density at radius 1 is 1.41 bits per heavy atom. The van der Waals surface area contributed by atoms with Gasteiger partial charge in [-0.3, -0.25) is 4.98 Å². The molecule has 0 spiro atoms. The average Bonchev–Trinajstić information content (AvgIpc) is 2.40. The van der Waals surface area contributed by atoms with Gasteiger partial charge in [-0.15, -0.1) is 0 Å². The van der Waals surface area contributed by atoms with E-state index in [4.69, 9.17) is 4.74 Å². The predicted octanol–water partition coefficient (Wildman–Crippen LogP) is 1.16. The lowest BCUT2D eigenvalue weighted by Crippen LogP contribution is -2.04. The Hall–Kier alpha value is -2.01. The van der Waals surface area contributed by atoms with Crippen LogP contribution < -0.4 is 4.74 Å². The van der Waals surface area contributed by atoms with Gasteiger partial charge in [0.05, 0.1) is 18.9 Å². The molecule has 2 aromatic rings. The van der Waals surface area contributed by atoms with Crippen LogP contribution in [0.5, 0.6) is 5.88 Å². The van der Waals surface area contributed by atoms with Crippen LogP contribution >= 0.6 is 0 Å². The minimum Gasteiger partial charge on any atom is -0.481 e. The molecule has 1 unspecified atom stereocenters. The molecule has 0 saturated heterocycles. The third-order valence-electron chi connectivity index (χ3n) is 2.38. The van der Waals surface area contributed by atoms with E-state index >= 15 is 0 Å². The standard InChI is InChI=1S/C12H13N3O2/c1-17-12-6-10(14-8-15-12)5-11(16)9-3-2-4-13-7-9/h2-4,6-8,11,16H,5H2,1H3. The van der Waals surface area contributed by atoms with Crippen molar-refractivity contribution >= 4 is 0 Å². The average molecular weight is 231 g/mol. The van der Waals surface area contributed by atoms with E-state index in [9.17, 15) is 5.11 Å². The van der Waals surface area contributed by atoms with Crippen LogP contribution in [-0.4, -0.2) is 27.2 Å². The highest BCUT2D eigenvalue weighted by Crippen LogP contribution is 2.17. The van der Waals surface area contributed by atoms with Crippen molar-refractivity contribution in [3.63, 3.8) is 0 Å². The second-order valence-corrected chi connectivity index (χ2v) is 3.56. The SMILES string of the molecule is COc1cc(CC(O)c2cccnc2)ncn1. The molecule has 5 nitrogen and oxygen atoms in total. The third-order valence-corrected chi connectivity index (χ3v) is 2.38. The van der Waals surface area contributed by atoms with E-state index in [0.29, 0.717) is 12.3 Å². The summed E-state index contributed by atoms with van der Waals surface area (Å²) in [5.74, 6) is 0.494. The number of ether oxygens (including phenoxy) is 1. The minimum absolute atomic E-state index is 0.407. The van der Waals surface area contributed by atoms with Crippen LogP contribution in [0.4, 0.5) is 0 Å². The van der Waals surface area contributed by atoms with Gasteiger partial charge in [0.1, 0.15) is 6.33 Å². The molecule has 0 aliphatic heterocycles. The van der Waals surface area contributed by atoms with Crippen LogP contribution in [0.3, 0.4) is 0 Å². The summed E-state index contributed by atoms with van der Waals surface area (Å²) in [4.78, 5) is 12.0. The first-order valence-corrected chi connectivity index (χ1v) is 5.22. The quantitative estimate of drug-likeness (QED) is 0.855. The number of pyridine rings is 1. The fourth-order valence-electron chi connectivity index (χ4n) is 1.49. The number of hydrogen-bond acceptors (Lipinski definition) is 5. The Bertz CT molecular complexity index is 476. The number of aliphatic hydroxyl groups is 1. The molecule has 88 valence electrons. The first-order valence-electron chi connectivity index (χ1n) is 5.22. The summed E-state index contributed by atoms with van der Waals surface area (Å²) in [7, 11) is 1.55. The van der Waals surface area contributed by atoms with Gasteiger partial charge in [0.2, 0.25) is 5.88 Å². The molecule has 0 aliphatic carbocycles. The van der Waals surface area contributed by atoms with Crippen molar-refractivity contribution in [2.45, 2.75) is 12.5 Å². The highest BCUT2D eigenvalue weighted by Gasteiger charge is 2.10. The zero-order valence-electron chi connectivity index (χ0n) is 9.45. The Kier molecular flexibility index (Phi) is 3.62. The second-order valence-electron chi connectivity index (χ2n) is 3.56. The molecule has 0 fully saturated rings. The van der Waals surface area contributed by atoms with Crippen LogP contribution in [0, 0.1) is 0 Å². The van der Waals surface area contributed by atoms with Gasteiger partial charge >= 0.3 is 0 Å². The molecular weight excluding hydrogens is 218 g/mol. The molecule has 0 saturated carbocycles. The van der Waals surface area contributed by atoms with Crippen molar-refractivity contribution in [2.75, 3.05) is 7.11 Å². The summed E-state index contributed by atoms with van der Waals surface area (Å²) >= 11 is 0. The van der Waals surface area contributed by atoms with Gasteiger partial charge in [0.15, 0.2) is 0 Å². The predicted molar refractivity (Wildman–Crippen MR) is 61.5 cm³/mol. The minimum atomic E-state index is -0.622. The Morgan fingerprint density at radius 3 is 3.00 bits per heavy atom. The molecule has 1 atom stereocenters. The summed E-state index contributed by atoms with van der Waals surface area (Å²) < 4.78 is 5.00. The van der Waals surface area contributed by atoms with Crippen molar-refractivity contribution in [1.29, 1.82) is 0 Å². The first kappa shape index (κ1) is 11.5. The molecular formula is C12H13N3O2. The normalized spacial score (nSPS) is 12.1. The summed E-state index contributed by atoms with van der Waals surface area (Å²) in [5, 5.41) is 10.00. The number of aliphatic hydroxyl groups excluding tert-OH is 1. The van der Waals surface area contributed by atoms with Crippen molar-refractivity contribution in [3.8, 4) is 5.88 Å². The fourth-order valence-corrected chi connectivity index (χ4v) is 1.49. The van der Waals surface area contributed by atoms with Gasteiger partial charge in [-0.1, -0.05) is 6.07 Å². The molecule has 2 heterocycles. The topological polar surface area (TPSA) is 68.1 Å². The van der Waals surface area contributed by atoms with E-state index in [1.165, 1.54) is 6.33 Å². The van der Waals surface area contributed by atoms with E-state index in [-0.39, 0.29) is 0 Å². The monoisotopic (exact) mass is 231 g/mol. The van der Waals surface area contributed by atoms with Crippen molar-refractivity contribution < 1.29 is 9.84 Å². The molecule has 0 amide bonds. The summed E-state index contributed by atoms with van der Waals surface area (Å²) in [6, 6.07) is 5.33. The van der Waals surface area contributed by atoms with Crippen LogP contribution in [0.2, 0.25) is 0 Å². The molecule has 0 aliphatic rings. The maximum atomic E-state index is 10.00. The molecule has 0 radical (unpaired) electrons. The molecule has 5 heteroatoms. The lowest BCUT2D eigenvalue weighted by Gasteiger charge is -2.10. The van der Waals surface area contributed by atoms with Crippen molar-refractivity contribution in [1.82, 2.24) is 15.0 Å². The van der Waals surface area contributed by atoms with E-state index in [2.05, 4.69) is 15.0 Å². The van der Waals surface area contributed by atoms with Crippen molar-refractivity contribution in [2.24, 2.45) is 0 Å². The van der Waals surface area contributed by atoms with Gasteiger partial charge in [-0.05, 0) is 11.6 Å². The number of hydrogen-bond donors (Lipinski definition) is 1. The zero-order chi connectivity index (χ0) is 12.1. The van der Waals surface area contributed by atoms with Gasteiger partial charge in [0, 0.05) is 24.9 Å². The third kappa shape index (κ3) is 2.98. The van der Waals surface area contributed by atoms with E-state index in [1.807, 2.05) is 6.07 Å². The van der Waals surface area contributed by atoms with Gasteiger partial charge < -0.3 is 9.84 Å². The zero-order valence-corrected chi connectivity index (χ0v) is 9.45. The smallest absolute Gasteiger partial charge is 0.216 e. The fraction of sp³-hybridized carbons (Fsp3) is 0.250. The molecule has 2 aromatic heterocycles. The highest BCUT2D eigenvalue weighted by molar-refractivity contribution is 5.18. The largest absolute Gasteiger partial charge is 0.481 e. The number of methoxy groups -OCH3 is 1. The summed E-state index contributed by atoms with van der Waals surface area (Å²) in [5.41, 5.74) is 1.50. The highest BCUT2D eigenvalue weighted by atomic mass is 16.5. The lowest BCUT2D eigenvalue weighted by atomic mass is 10.1. The molecule has 0 bridgehead atoms. The van der Waals surface area contributed by atoms with Crippen LogP contribution in [0.1, 0.15) is 17.4 Å². The lowest BCUT2D eigenvalue weighted by molar-refractivity contribution is 0.176. The maximum Gasteiger partial charge on any atom is 0.216 e. The number of rotatable bonds is 4. The second kappa shape index (κ2) is 5.36.